The van der Waals surface area contributed by atoms with Gasteiger partial charge in [-0.1, -0.05) is 30.3 Å². The Balaban J connectivity index is 1.70. The summed E-state index contributed by atoms with van der Waals surface area (Å²) in [6.07, 6.45) is 0.753. The Bertz CT molecular complexity index is 909. The van der Waals surface area contributed by atoms with Gasteiger partial charge in [0.1, 0.15) is 18.0 Å². The Kier molecular flexibility index (Phi) is 5.41. The third kappa shape index (κ3) is 3.96. The van der Waals surface area contributed by atoms with Crippen LogP contribution in [0, 0.1) is 6.92 Å². The van der Waals surface area contributed by atoms with Crippen LogP contribution in [0.5, 0.6) is 0 Å². The number of aromatic nitrogens is 1. The summed E-state index contributed by atoms with van der Waals surface area (Å²) >= 11 is 0. The van der Waals surface area contributed by atoms with Crippen LogP contribution in [0.15, 0.2) is 46.9 Å². The second-order valence-corrected chi connectivity index (χ2v) is 6.03. The van der Waals surface area contributed by atoms with Crippen molar-refractivity contribution in [2.24, 2.45) is 0 Å². The molecule has 136 valence electrons. The number of fused-ring (bicyclic) bond motifs is 1. The van der Waals surface area contributed by atoms with Crippen molar-refractivity contribution in [3.63, 3.8) is 0 Å². The minimum absolute atomic E-state index is 0.0331. The zero-order valence-electron chi connectivity index (χ0n) is 15.0. The molecule has 1 amide bonds. The van der Waals surface area contributed by atoms with Crippen LogP contribution in [0.2, 0.25) is 0 Å². The Morgan fingerprint density at radius 2 is 1.96 bits per heavy atom. The van der Waals surface area contributed by atoms with E-state index in [0.29, 0.717) is 23.3 Å². The van der Waals surface area contributed by atoms with Gasteiger partial charge in [-0.05, 0) is 25.8 Å². The number of benzene rings is 1. The number of esters is 1. The van der Waals surface area contributed by atoms with Crippen LogP contribution < -0.4 is 5.32 Å². The summed E-state index contributed by atoms with van der Waals surface area (Å²) in [5, 5.41) is 2.90. The second-order valence-electron chi connectivity index (χ2n) is 6.03. The quantitative estimate of drug-likeness (QED) is 0.662. The maximum absolute atomic E-state index is 12.4. The SMILES string of the molecule is CCOC(=O)c1cc2oc(C)cc2n1CC(=O)NCCc1ccccc1. The van der Waals surface area contributed by atoms with Crippen LogP contribution in [-0.4, -0.2) is 29.6 Å². The fraction of sp³-hybridized carbons (Fsp3) is 0.300. The molecule has 3 aromatic rings. The number of rotatable bonds is 7. The number of nitrogens with one attached hydrogen (secondary N) is 1. The molecule has 0 radical (unpaired) electrons. The number of aryl methyl sites for hydroxylation is 1. The molecule has 0 aliphatic heterocycles. The van der Waals surface area contributed by atoms with Crippen molar-refractivity contribution in [3.8, 4) is 0 Å². The molecule has 2 aromatic heterocycles. The van der Waals surface area contributed by atoms with Gasteiger partial charge < -0.3 is 19.0 Å². The fourth-order valence-corrected chi connectivity index (χ4v) is 2.90. The molecule has 6 nitrogen and oxygen atoms in total. The van der Waals surface area contributed by atoms with Crippen LogP contribution in [-0.2, 0) is 22.5 Å². The molecule has 0 atom stereocenters. The molecule has 0 aliphatic carbocycles. The van der Waals surface area contributed by atoms with Crippen molar-refractivity contribution in [2.75, 3.05) is 13.2 Å². The largest absolute Gasteiger partial charge is 0.461 e. The number of hydrogen-bond donors (Lipinski definition) is 1. The summed E-state index contributed by atoms with van der Waals surface area (Å²) in [4.78, 5) is 24.6. The normalized spacial score (nSPS) is 10.8. The Labute approximate surface area is 151 Å². The summed E-state index contributed by atoms with van der Waals surface area (Å²) in [7, 11) is 0. The van der Waals surface area contributed by atoms with Crippen molar-refractivity contribution in [1.82, 2.24) is 9.88 Å². The molecule has 0 spiro atoms. The van der Waals surface area contributed by atoms with E-state index in [1.807, 2.05) is 43.3 Å². The zero-order chi connectivity index (χ0) is 18.5. The van der Waals surface area contributed by atoms with Gasteiger partial charge in [-0.15, -0.1) is 0 Å². The molecule has 26 heavy (non-hydrogen) atoms. The number of carbonyl (C=O) groups excluding carboxylic acids is 2. The minimum Gasteiger partial charge on any atom is -0.461 e. The van der Waals surface area contributed by atoms with Gasteiger partial charge in [0.2, 0.25) is 5.91 Å². The Morgan fingerprint density at radius 1 is 1.19 bits per heavy atom. The molecule has 0 saturated heterocycles. The van der Waals surface area contributed by atoms with Crippen LogP contribution in [0.3, 0.4) is 0 Å². The molecule has 0 fully saturated rings. The Hall–Kier alpha value is -3.02. The topological polar surface area (TPSA) is 73.5 Å². The summed E-state index contributed by atoms with van der Waals surface area (Å²) in [5.41, 5.74) is 2.76. The van der Waals surface area contributed by atoms with Gasteiger partial charge in [0.25, 0.3) is 0 Å². The molecule has 2 heterocycles. The van der Waals surface area contributed by atoms with E-state index in [-0.39, 0.29) is 19.1 Å². The number of hydrogen-bond acceptors (Lipinski definition) is 4. The number of furan rings is 1. The number of nitrogens with zero attached hydrogens (tertiary/aromatic N) is 1. The minimum atomic E-state index is -0.464. The lowest BCUT2D eigenvalue weighted by Crippen LogP contribution is -2.30. The maximum atomic E-state index is 12.4. The predicted molar refractivity (Wildman–Crippen MR) is 98.1 cm³/mol. The van der Waals surface area contributed by atoms with Gasteiger partial charge in [-0.25, -0.2) is 4.79 Å². The maximum Gasteiger partial charge on any atom is 0.355 e. The number of amides is 1. The molecule has 0 aliphatic rings. The monoisotopic (exact) mass is 354 g/mol. The van der Waals surface area contributed by atoms with Crippen molar-refractivity contribution in [1.29, 1.82) is 0 Å². The first kappa shape index (κ1) is 17.8. The molecule has 0 saturated carbocycles. The molecular formula is C20H22N2O4. The predicted octanol–water partition coefficient (Wildman–Crippen LogP) is 3.08. The molecular weight excluding hydrogens is 332 g/mol. The van der Waals surface area contributed by atoms with Crippen molar-refractivity contribution in [3.05, 3.63) is 59.5 Å². The molecule has 0 bridgehead atoms. The van der Waals surface area contributed by atoms with Crippen molar-refractivity contribution >= 4 is 23.0 Å². The molecule has 3 rings (SSSR count). The lowest BCUT2D eigenvalue weighted by molar-refractivity contribution is -0.121. The highest BCUT2D eigenvalue weighted by atomic mass is 16.5. The van der Waals surface area contributed by atoms with Crippen LogP contribution >= 0.6 is 0 Å². The summed E-state index contributed by atoms with van der Waals surface area (Å²) < 4.78 is 12.3. The lowest BCUT2D eigenvalue weighted by atomic mass is 10.1. The third-order valence-electron chi connectivity index (χ3n) is 4.08. The van der Waals surface area contributed by atoms with Gasteiger partial charge in [0, 0.05) is 18.7 Å². The molecule has 1 aromatic carbocycles. The standard InChI is InChI=1S/C20H22N2O4/c1-3-25-20(24)17-12-18-16(11-14(2)26-18)22(17)13-19(23)21-10-9-15-7-5-4-6-8-15/h4-8,11-12H,3,9-10,13H2,1-2H3,(H,21,23). The second kappa shape index (κ2) is 7.91. The van der Waals surface area contributed by atoms with E-state index in [0.717, 1.165) is 17.7 Å². The highest BCUT2D eigenvalue weighted by molar-refractivity contribution is 5.95. The van der Waals surface area contributed by atoms with E-state index < -0.39 is 5.97 Å². The van der Waals surface area contributed by atoms with E-state index in [4.69, 9.17) is 9.15 Å². The van der Waals surface area contributed by atoms with Crippen molar-refractivity contribution < 1.29 is 18.7 Å². The zero-order valence-corrected chi connectivity index (χ0v) is 15.0. The number of carbonyl (C=O) groups is 2. The van der Waals surface area contributed by atoms with E-state index in [1.54, 1.807) is 17.6 Å². The van der Waals surface area contributed by atoms with Crippen molar-refractivity contribution in [2.45, 2.75) is 26.8 Å². The Morgan fingerprint density at radius 3 is 2.69 bits per heavy atom. The number of ether oxygens (including phenoxy) is 1. The van der Waals surface area contributed by atoms with Gasteiger partial charge >= 0.3 is 5.97 Å². The summed E-state index contributed by atoms with van der Waals surface area (Å²) in [6, 6.07) is 13.4. The van der Waals surface area contributed by atoms with E-state index in [9.17, 15) is 9.59 Å². The summed E-state index contributed by atoms with van der Waals surface area (Å²) in [6.45, 7) is 4.41. The highest BCUT2D eigenvalue weighted by Crippen LogP contribution is 2.24. The van der Waals surface area contributed by atoms with Gasteiger partial charge in [0.05, 0.1) is 12.1 Å². The van der Waals surface area contributed by atoms with E-state index in [2.05, 4.69) is 5.32 Å². The molecule has 1 N–H and O–H groups in total. The first-order chi connectivity index (χ1) is 12.6. The highest BCUT2D eigenvalue weighted by Gasteiger charge is 2.20. The average molecular weight is 354 g/mol. The average Bonchev–Trinajstić information content (AvgIpc) is 3.13. The van der Waals surface area contributed by atoms with E-state index >= 15 is 0 Å². The van der Waals surface area contributed by atoms with Gasteiger partial charge in [0.15, 0.2) is 5.58 Å². The molecule has 0 unspecified atom stereocenters. The van der Waals surface area contributed by atoms with Gasteiger partial charge in [-0.3, -0.25) is 4.79 Å². The summed E-state index contributed by atoms with van der Waals surface area (Å²) in [5.74, 6) is 0.0973. The van der Waals surface area contributed by atoms with E-state index in [1.165, 1.54) is 0 Å². The van der Waals surface area contributed by atoms with Crippen LogP contribution in [0.25, 0.3) is 11.1 Å². The first-order valence-corrected chi connectivity index (χ1v) is 8.66. The van der Waals surface area contributed by atoms with Crippen LogP contribution in [0.4, 0.5) is 0 Å². The lowest BCUT2D eigenvalue weighted by Gasteiger charge is -2.10. The smallest absolute Gasteiger partial charge is 0.355 e. The molecule has 6 heteroatoms. The van der Waals surface area contributed by atoms with Gasteiger partial charge in [-0.2, -0.15) is 0 Å². The first-order valence-electron chi connectivity index (χ1n) is 8.66. The van der Waals surface area contributed by atoms with Crippen LogP contribution in [0.1, 0.15) is 28.7 Å². The third-order valence-corrected chi connectivity index (χ3v) is 4.08. The fourth-order valence-electron chi connectivity index (χ4n) is 2.90.